The van der Waals surface area contributed by atoms with Crippen molar-refractivity contribution < 1.29 is 14.4 Å². The summed E-state index contributed by atoms with van der Waals surface area (Å²) in [6.45, 7) is 1.70. The number of hydrogen-bond acceptors (Lipinski definition) is 5. The first-order chi connectivity index (χ1) is 10.1. The molecule has 1 fully saturated rings. The summed E-state index contributed by atoms with van der Waals surface area (Å²) in [4.78, 5) is 16.3. The fourth-order valence-electron chi connectivity index (χ4n) is 2.84. The lowest BCUT2D eigenvalue weighted by molar-refractivity contribution is 0.0881. The van der Waals surface area contributed by atoms with Gasteiger partial charge in [0.15, 0.2) is 12.2 Å². The molecule has 1 aromatic heterocycles. The molecule has 1 aliphatic rings. The Morgan fingerprint density at radius 2 is 2.00 bits per heavy atom. The zero-order valence-electron chi connectivity index (χ0n) is 12.3. The molecule has 1 aliphatic carbocycles. The summed E-state index contributed by atoms with van der Waals surface area (Å²) in [5, 5.41) is 15.1. The van der Waals surface area contributed by atoms with E-state index in [1.807, 2.05) is 0 Å². The molecule has 1 heterocycles. The van der Waals surface area contributed by atoms with Crippen LogP contribution in [-0.4, -0.2) is 27.5 Å². The maximum absolute atomic E-state index is 12.4. The van der Waals surface area contributed by atoms with Crippen molar-refractivity contribution >= 4 is 11.7 Å². The zero-order chi connectivity index (χ0) is 15.3. The standard InChI is InChI=1S/C14H22N4O3/c1-10-11(21-9-16-10)12(19)17-14(13(15)18-20)7-5-3-2-4-6-8-14/h9,20H,2-8H2,1H3,(H2,15,18)(H,17,19). The number of nitrogens with two attached hydrogens (primary N) is 1. The molecule has 0 aliphatic heterocycles. The van der Waals surface area contributed by atoms with Crippen molar-refractivity contribution in [2.45, 2.75) is 57.4 Å². The van der Waals surface area contributed by atoms with E-state index in [1.54, 1.807) is 6.92 Å². The predicted molar refractivity (Wildman–Crippen MR) is 77.2 cm³/mol. The Balaban J connectivity index is 2.23. The number of amides is 1. The van der Waals surface area contributed by atoms with Crippen LogP contribution in [0, 0.1) is 6.92 Å². The summed E-state index contributed by atoms with van der Waals surface area (Å²) in [6.07, 6.45) is 7.73. The first-order valence-corrected chi connectivity index (χ1v) is 7.30. The highest BCUT2D eigenvalue weighted by atomic mass is 16.4. The summed E-state index contributed by atoms with van der Waals surface area (Å²) >= 11 is 0. The molecule has 116 valence electrons. The van der Waals surface area contributed by atoms with Crippen LogP contribution in [0.2, 0.25) is 0 Å². The van der Waals surface area contributed by atoms with E-state index < -0.39 is 5.54 Å². The Bertz CT molecular complexity index is 516. The number of carbonyl (C=O) groups excluding carboxylic acids is 1. The highest BCUT2D eigenvalue weighted by Crippen LogP contribution is 2.27. The molecule has 4 N–H and O–H groups in total. The second-order valence-corrected chi connectivity index (χ2v) is 5.56. The van der Waals surface area contributed by atoms with E-state index >= 15 is 0 Å². The number of nitrogens with zero attached hydrogens (tertiary/aromatic N) is 2. The van der Waals surface area contributed by atoms with Crippen molar-refractivity contribution in [3.05, 3.63) is 17.8 Å². The number of aromatic nitrogens is 1. The molecule has 1 aromatic rings. The fourth-order valence-corrected chi connectivity index (χ4v) is 2.84. The van der Waals surface area contributed by atoms with E-state index in [2.05, 4.69) is 15.5 Å². The molecule has 0 saturated heterocycles. The van der Waals surface area contributed by atoms with Crippen LogP contribution >= 0.6 is 0 Å². The van der Waals surface area contributed by atoms with E-state index in [-0.39, 0.29) is 17.5 Å². The van der Waals surface area contributed by atoms with Crippen molar-refractivity contribution in [1.82, 2.24) is 10.3 Å². The van der Waals surface area contributed by atoms with Gasteiger partial charge in [-0.3, -0.25) is 4.79 Å². The van der Waals surface area contributed by atoms with Gasteiger partial charge in [-0.2, -0.15) is 0 Å². The van der Waals surface area contributed by atoms with Crippen molar-refractivity contribution in [3.63, 3.8) is 0 Å². The van der Waals surface area contributed by atoms with Gasteiger partial charge in [-0.25, -0.2) is 4.98 Å². The van der Waals surface area contributed by atoms with Gasteiger partial charge < -0.3 is 20.7 Å². The van der Waals surface area contributed by atoms with Gasteiger partial charge >= 0.3 is 0 Å². The van der Waals surface area contributed by atoms with Crippen molar-refractivity contribution in [2.24, 2.45) is 10.9 Å². The molecule has 0 spiro atoms. The number of rotatable bonds is 3. The van der Waals surface area contributed by atoms with Crippen LogP contribution in [0.5, 0.6) is 0 Å². The van der Waals surface area contributed by atoms with E-state index in [1.165, 1.54) is 12.8 Å². The van der Waals surface area contributed by atoms with Gasteiger partial charge in [0.25, 0.3) is 5.91 Å². The smallest absolute Gasteiger partial charge is 0.289 e. The van der Waals surface area contributed by atoms with Gasteiger partial charge in [0, 0.05) is 0 Å². The minimum atomic E-state index is -0.814. The van der Waals surface area contributed by atoms with Crippen LogP contribution in [-0.2, 0) is 0 Å². The molecule has 0 aromatic carbocycles. The van der Waals surface area contributed by atoms with Gasteiger partial charge in [0.05, 0.1) is 5.69 Å². The number of oxime groups is 1. The predicted octanol–water partition coefficient (Wildman–Crippen LogP) is 1.94. The molecule has 0 bridgehead atoms. The fraction of sp³-hybridized carbons (Fsp3) is 0.643. The molecule has 7 heteroatoms. The maximum atomic E-state index is 12.4. The number of carbonyl (C=O) groups is 1. The summed E-state index contributed by atoms with van der Waals surface area (Å²) < 4.78 is 5.12. The SMILES string of the molecule is Cc1ncoc1C(=O)NC1(C(N)=NO)CCCCCCC1. The number of hydrogen-bond donors (Lipinski definition) is 3. The average molecular weight is 294 g/mol. The second kappa shape index (κ2) is 6.60. The first-order valence-electron chi connectivity index (χ1n) is 7.30. The van der Waals surface area contributed by atoms with Gasteiger partial charge in [0.1, 0.15) is 5.54 Å². The van der Waals surface area contributed by atoms with Gasteiger partial charge in [-0.1, -0.05) is 37.3 Å². The molecule has 2 rings (SSSR count). The van der Waals surface area contributed by atoms with Gasteiger partial charge in [-0.15, -0.1) is 0 Å². The quantitative estimate of drug-likeness (QED) is 0.341. The monoisotopic (exact) mass is 294 g/mol. The minimum absolute atomic E-state index is 0.0509. The van der Waals surface area contributed by atoms with Crippen LogP contribution in [0.15, 0.2) is 16.0 Å². The number of amidine groups is 1. The third-order valence-electron chi connectivity index (χ3n) is 4.11. The van der Waals surface area contributed by atoms with Crippen LogP contribution in [0.4, 0.5) is 0 Å². The number of aryl methyl sites for hydroxylation is 1. The van der Waals surface area contributed by atoms with E-state index in [4.69, 9.17) is 15.4 Å². The van der Waals surface area contributed by atoms with E-state index in [0.717, 1.165) is 25.7 Å². The maximum Gasteiger partial charge on any atom is 0.289 e. The molecule has 1 amide bonds. The molecule has 1 saturated carbocycles. The normalized spacial score (nSPS) is 19.6. The van der Waals surface area contributed by atoms with Crippen LogP contribution in [0.1, 0.15) is 61.2 Å². The van der Waals surface area contributed by atoms with Crippen LogP contribution in [0.25, 0.3) is 0 Å². The summed E-state index contributed by atoms with van der Waals surface area (Å²) in [5.74, 6) is -0.158. The molecule has 0 unspecified atom stereocenters. The minimum Gasteiger partial charge on any atom is -0.438 e. The summed E-state index contributed by atoms with van der Waals surface area (Å²) in [5.41, 5.74) is 5.59. The van der Waals surface area contributed by atoms with Gasteiger partial charge in [-0.05, 0) is 19.8 Å². The topological polar surface area (TPSA) is 114 Å². The first kappa shape index (κ1) is 15.3. The largest absolute Gasteiger partial charge is 0.438 e. The third kappa shape index (κ3) is 3.34. The highest BCUT2D eigenvalue weighted by molar-refractivity contribution is 5.99. The Kier molecular flexibility index (Phi) is 4.82. The van der Waals surface area contributed by atoms with E-state index in [9.17, 15) is 4.79 Å². The highest BCUT2D eigenvalue weighted by Gasteiger charge is 2.37. The Morgan fingerprint density at radius 3 is 2.52 bits per heavy atom. The summed E-state index contributed by atoms with van der Waals surface area (Å²) in [6, 6.07) is 0. The Hall–Kier alpha value is -2.05. The lowest BCUT2D eigenvalue weighted by atomic mass is 9.82. The number of oxazole rings is 1. The second-order valence-electron chi connectivity index (χ2n) is 5.56. The van der Waals surface area contributed by atoms with E-state index in [0.29, 0.717) is 18.5 Å². The lowest BCUT2D eigenvalue weighted by Gasteiger charge is -2.34. The molecule has 0 atom stereocenters. The molecule has 0 radical (unpaired) electrons. The summed E-state index contributed by atoms with van der Waals surface area (Å²) in [7, 11) is 0. The molecular formula is C14H22N4O3. The van der Waals surface area contributed by atoms with Crippen molar-refractivity contribution in [1.29, 1.82) is 0 Å². The van der Waals surface area contributed by atoms with Crippen molar-refractivity contribution in [3.8, 4) is 0 Å². The zero-order valence-corrected chi connectivity index (χ0v) is 12.3. The Morgan fingerprint density at radius 1 is 1.38 bits per heavy atom. The Labute approximate surface area is 123 Å². The van der Waals surface area contributed by atoms with Crippen LogP contribution in [0.3, 0.4) is 0 Å². The molecule has 21 heavy (non-hydrogen) atoms. The average Bonchev–Trinajstić information content (AvgIpc) is 2.87. The molecular weight excluding hydrogens is 272 g/mol. The third-order valence-corrected chi connectivity index (χ3v) is 4.11. The van der Waals surface area contributed by atoms with Crippen molar-refractivity contribution in [2.75, 3.05) is 0 Å². The number of nitrogens with one attached hydrogen (secondary N) is 1. The molecule has 7 nitrogen and oxygen atoms in total. The lowest BCUT2D eigenvalue weighted by Crippen LogP contribution is -2.57. The van der Waals surface area contributed by atoms with Crippen LogP contribution < -0.4 is 11.1 Å². The van der Waals surface area contributed by atoms with Gasteiger partial charge in [0.2, 0.25) is 5.76 Å².